The Kier molecular flexibility index (Phi) is 8.03. The predicted octanol–water partition coefficient (Wildman–Crippen LogP) is 4.57. The second-order valence-corrected chi connectivity index (χ2v) is 13.1. The van der Waals surface area contributed by atoms with Crippen molar-refractivity contribution >= 4 is 53.7 Å². The van der Waals surface area contributed by atoms with E-state index in [9.17, 15) is 21.9 Å². The molecule has 0 fully saturated rings. The molecule has 5 rings (SSSR count). The lowest BCUT2D eigenvalue weighted by Crippen LogP contribution is -2.34. The normalized spacial score (nSPS) is 12.4. The van der Waals surface area contributed by atoms with Crippen LogP contribution in [0.2, 0.25) is 0 Å². The van der Waals surface area contributed by atoms with E-state index in [1.165, 1.54) is 16.4 Å². The van der Waals surface area contributed by atoms with E-state index in [2.05, 4.69) is 9.71 Å². The maximum absolute atomic E-state index is 13.2. The molecular formula is C30H29N5O5S2. The molecule has 4 aromatic carbocycles. The number of aliphatic imine (C=N–C) groups is 1. The average Bonchev–Trinajstić information content (AvgIpc) is 3.30. The molecule has 5 aromatic rings. The van der Waals surface area contributed by atoms with E-state index in [0.717, 1.165) is 6.26 Å². The van der Waals surface area contributed by atoms with E-state index in [-0.39, 0.29) is 23.9 Å². The molecule has 0 saturated heterocycles. The fraction of sp³-hybridized carbons (Fsp3) is 0.100. The molecule has 1 aromatic heterocycles. The molecule has 10 nitrogen and oxygen atoms in total. The number of rotatable bonds is 10. The second-order valence-electron chi connectivity index (χ2n) is 9.49. The van der Waals surface area contributed by atoms with Crippen LogP contribution in [0.15, 0.2) is 113 Å². The second kappa shape index (κ2) is 11.7. The molecular weight excluding hydrogens is 574 g/mol. The van der Waals surface area contributed by atoms with E-state index in [1.807, 2.05) is 30.3 Å². The van der Waals surface area contributed by atoms with Gasteiger partial charge in [0, 0.05) is 35.2 Å². The van der Waals surface area contributed by atoms with Gasteiger partial charge in [0.05, 0.1) is 33.8 Å². The largest absolute Gasteiger partial charge is 0.494 e. The van der Waals surface area contributed by atoms with Crippen LogP contribution in [0.25, 0.3) is 10.9 Å². The summed E-state index contributed by atoms with van der Waals surface area (Å²) in [5.41, 5.74) is 8.87. The van der Waals surface area contributed by atoms with Gasteiger partial charge in [-0.3, -0.25) is 9.03 Å². The third kappa shape index (κ3) is 6.15. The fourth-order valence-corrected chi connectivity index (χ4v) is 6.60. The van der Waals surface area contributed by atoms with E-state index < -0.39 is 20.0 Å². The highest BCUT2D eigenvalue weighted by molar-refractivity contribution is 7.92. The molecule has 42 heavy (non-hydrogen) atoms. The molecule has 0 saturated carbocycles. The first-order valence-corrected chi connectivity index (χ1v) is 16.2. The number of fused-ring (bicyclic) bond motifs is 1. The zero-order valence-electron chi connectivity index (χ0n) is 22.6. The molecule has 0 aliphatic carbocycles. The Hall–Kier alpha value is -4.65. The number of para-hydroxylation sites is 1. The maximum atomic E-state index is 13.2. The van der Waals surface area contributed by atoms with Crippen LogP contribution in [0.5, 0.6) is 5.88 Å². The first-order valence-electron chi connectivity index (χ1n) is 12.9. The van der Waals surface area contributed by atoms with Crippen molar-refractivity contribution in [3.8, 4) is 5.88 Å². The predicted molar refractivity (Wildman–Crippen MR) is 167 cm³/mol. The minimum Gasteiger partial charge on any atom is -0.494 e. The Morgan fingerprint density at radius 3 is 2.17 bits per heavy atom. The van der Waals surface area contributed by atoms with Crippen LogP contribution < -0.4 is 14.8 Å². The number of aromatic amines is 1. The number of nitrogens with zero attached hydrogens (tertiary/aromatic N) is 2. The Labute approximate surface area is 244 Å². The summed E-state index contributed by atoms with van der Waals surface area (Å²) in [5.74, 6) is -0.180. The van der Waals surface area contributed by atoms with E-state index in [4.69, 9.17) is 10.7 Å². The van der Waals surface area contributed by atoms with Gasteiger partial charge in [-0.25, -0.2) is 21.8 Å². The molecule has 0 amide bonds. The van der Waals surface area contributed by atoms with Gasteiger partial charge in [0.15, 0.2) is 5.88 Å². The van der Waals surface area contributed by atoms with Gasteiger partial charge >= 0.3 is 0 Å². The van der Waals surface area contributed by atoms with Crippen LogP contribution in [-0.4, -0.2) is 52.0 Å². The number of hydrogen-bond donors (Lipinski definition) is 4. The molecule has 1 heterocycles. The number of nitrogens with two attached hydrogens (primary N) is 1. The Bertz CT molecular complexity index is 1960. The van der Waals surface area contributed by atoms with Crippen LogP contribution in [0.4, 0.5) is 17.1 Å². The van der Waals surface area contributed by atoms with Crippen LogP contribution in [0.3, 0.4) is 0 Å². The molecule has 0 bridgehead atoms. The van der Waals surface area contributed by atoms with Crippen molar-refractivity contribution in [1.29, 1.82) is 0 Å². The van der Waals surface area contributed by atoms with Crippen molar-refractivity contribution < 1.29 is 21.9 Å². The van der Waals surface area contributed by atoms with Crippen molar-refractivity contribution in [3.05, 3.63) is 114 Å². The van der Waals surface area contributed by atoms with Crippen molar-refractivity contribution in [2.45, 2.75) is 4.90 Å². The standard InChI is InChI=1S/C30H29N5O5S2/c1-41(37,38)35(19-18-31)24-14-12-22(13-15-24)32-29(21-8-4-2-5-9-21)28-26-20-25(16-17-27(26)33-30(28)36)42(39,40)34-23-10-6-3-7-11-23/h2-17,20,33-34,36H,18-19,31H2,1H3. The first kappa shape index (κ1) is 28.9. The van der Waals surface area contributed by atoms with Gasteiger partial charge in [0.25, 0.3) is 10.0 Å². The number of sulfonamides is 2. The van der Waals surface area contributed by atoms with Gasteiger partial charge in [0.1, 0.15) is 0 Å². The highest BCUT2D eigenvalue weighted by atomic mass is 32.2. The Balaban J connectivity index is 1.62. The summed E-state index contributed by atoms with van der Waals surface area (Å²) >= 11 is 0. The summed E-state index contributed by atoms with van der Waals surface area (Å²) in [6, 6.07) is 28.9. The topological polar surface area (TPSA) is 158 Å². The number of aromatic nitrogens is 1. The molecule has 216 valence electrons. The zero-order chi connectivity index (χ0) is 29.9. The average molecular weight is 604 g/mol. The van der Waals surface area contributed by atoms with Gasteiger partial charge in [-0.05, 0) is 54.6 Å². The van der Waals surface area contributed by atoms with Crippen LogP contribution in [0, 0.1) is 0 Å². The van der Waals surface area contributed by atoms with Crippen molar-refractivity contribution in [3.63, 3.8) is 0 Å². The number of anilines is 2. The summed E-state index contributed by atoms with van der Waals surface area (Å²) in [4.78, 5) is 7.76. The third-order valence-corrected chi connectivity index (χ3v) is 9.05. The lowest BCUT2D eigenvalue weighted by molar-refractivity contribution is 0.457. The quantitative estimate of drug-likeness (QED) is 0.171. The van der Waals surface area contributed by atoms with Crippen LogP contribution in [0.1, 0.15) is 11.1 Å². The maximum Gasteiger partial charge on any atom is 0.261 e. The molecule has 12 heteroatoms. The Morgan fingerprint density at radius 1 is 0.905 bits per heavy atom. The summed E-state index contributed by atoms with van der Waals surface area (Å²) in [5, 5.41) is 11.5. The van der Waals surface area contributed by atoms with E-state index >= 15 is 0 Å². The SMILES string of the molecule is CS(=O)(=O)N(CCN)c1ccc(N=C(c2ccccc2)c2c(O)[nH]c3ccc(S(=O)(=O)Nc4ccccc4)cc23)cc1. The molecule has 0 aliphatic rings. The number of hydrogen-bond acceptors (Lipinski definition) is 7. The number of aromatic hydroxyl groups is 1. The number of nitrogens with one attached hydrogen (secondary N) is 2. The van der Waals surface area contributed by atoms with Crippen molar-refractivity contribution in [1.82, 2.24) is 4.98 Å². The van der Waals surface area contributed by atoms with Gasteiger partial charge in [-0.15, -0.1) is 0 Å². The minimum atomic E-state index is -3.94. The smallest absolute Gasteiger partial charge is 0.261 e. The summed E-state index contributed by atoms with van der Waals surface area (Å²) in [6.45, 7) is 0.286. The van der Waals surface area contributed by atoms with E-state index in [1.54, 1.807) is 60.7 Å². The number of H-pyrrole nitrogens is 1. The van der Waals surface area contributed by atoms with E-state index in [0.29, 0.717) is 44.8 Å². The molecule has 0 unspecified atom stereocenters. The van der Waals surface area contributed by atoms with Crippen LogP contribution >= 0.6 is 0 Å². The van der Waals surface area contributed by atoms with Crippen molar-refractivity contribution in [2.24, 2.45) is 10.7 Å². The highest BCUT2D eigenvalue weighted by Gasteiger charge is 2.22. The Morgan fingerprint density at radius 2 is 1.55 bits per heavy atom. The lowest BCUT2D eigenvalue weighted by atomic mass is 10.0. The van der Waals surface area contributed by atoms with Gasteiger partial charge in [0.2, 0.25) is 10.0 Å². The third-order valence-electron chi connectivity index (χ3n) is 6.48. The van der Waals surface area contributed by atoms with Crippen LogP contribution in [-0.2, 0) is 20.0 Å². The lowest BCUT2D eigenvalue weighted by Gasteiger charge is -2.21. The summed E-state index contributed by atoms with van der Waals surface area (Å²) in [6.07, 6.45) is 1.12. The van der Waals surface area contributed by atoms with Crippen molar-refractivity contribution in [2.75, 3.05) is 28.4 Å². The summed E-state index contributed by atoms with van der Waals surface area (Å²) in [7, 11) is -7.47. The van der Waals surface area contributed by atoms with Gasteiger partial charge < -0.3 is 15.8 Å². The zero-order valence-corrected chi connectivity index (χ0v) is 24.2. The molecule has 5 N–H and O–H groups in total. The summed E-state index contributed by atoms with van der Waals surface area (Å²) < 4.78 is 54.8. The highest BCUT2D eigenvalue weighted by Crippen LogP contribution is 2.34. The fourth-order valence-electron chi connectivity index (χ4n) is 4.57. The molecule has 0 spiro atoms. The monoisotopic (exact) mass is 603 g/mol. The molecule has 0 aliphatic heterocycles. The molecule has 0 atom stereocenters. The minimum absolute atomic E-state index is 0.0108. The van der Waals surface area contributed by atoms with Gasteiger partial charge in [-0.1, -0.05) is 48.5 Å². The number of benzene rings is 4. The first-order chi connectivity index (χ1) is 20.1. The van der Waals surface area contributed by atoms with Gasteiger partial charge in [-0.2, -0.15) is 0 Å². The molecule has 0 radical (unpaired) electrons.